The van der Waals surface area contributed by atoms with E-state index in [0.717, 1.165) is 16.7 Å². The number of Topliss-reactive ketones (excluding diaryl/α,β-unsaturated/α-hetero) is 3. The molecule has 2 bridgehead atoms. The van der Waals surface area contributed by atoms with Crippen molar-refractivity contribution in [1.82, 2.24) is 0 Å². The molecule has 1 unspecified atom stereocenters. The van der Waals surface area contributed by atoms with E-state index in [4.69, 9.17) is 4.74 Å². The van der Waals surface area contributed by atoms with Crippen molar-refractivity contribution in [2.45, 2.75) is 120 Å². The van der Waals surface area contributed by atoms with Crippen LogP contribution in [0.4, 0.5) is 0 Å². The molecular formula is C35H52O5. The third-order valence-corrected chi connectivity index (χ3v) is 8.86. The van der Waals surface area contributed by atoms with Crippen LogP contribution in [0.5, 0.6) is 0 Å². The maximum Gasteiger partial charge on any atom is 0.321 e. The van der Waals surface area contributed by atoms with Gasteiger partial charge in [-0.25, -0.2) is 0 Å². The molecule has 0 amide bonds. The average molecular weight is 553 g/mol. The number of hydrogen-bond donors (Lipinski definition) is 0. The van der Waals surface area contributed by atoms with Gasteiger partial charge in [-0.1, -0.05) is 67.4 Å². The Kier molecular flexibility index (Phi) is 10.9. The number of ketones is 3. The SMILES string of the molecule is CC(C)=CCC[C@]1(C)C(CC=C(C)C)C[C@@]2(CC=C(C)C)C(=O)O[C@@](CC=C(C)C)(C(=O)[C@H]1C(=O)C(C)C)C2=O. The van der Waals surface area contributed by atoms with Gasteiger partial charge in [0.05, 0.1) is 5.92 Å². The summed E-state index contributed by atoms with van der Waals surface area (Å²) in [6.07, 6.45) is 10.2. The summed E-state index contributed by atoms with van der Waals surface area (Å²) in [6, 6.07) is 0. The number of fused-ring (bicyclic) bond motifs is 2. The lowest BCUT2D eigenvalue weighted by Crippen LogP contribution is -2.60. The summed E-state index contributed by atoms with van der Waals surface area (Å²) < 4.78 is 6.02. The average Bonchev–Trinajstić information content (AvgIpc) is 3.05. The monoisotopic (exact) mass is 552 g/mol. The molecule has 5 nitrogen and oxygen atoms in total. The van der Waals surface area contributed by atoms with E-state index in [0.29, 0.717) is 19.3 Å². The van der Waals surface area contributed by atoms with Crippen molar-refractivity contribution in [1.29, 1.82) is 0 Å². The lowest BCUT2D eigenvalue weighted by molar-refractivity contribution is -0.167. The highest BCUT2D eigenvalue weighted by molar-refractivity contribution is 6.27. The largest absolute Gasteiger partial charge is 0.442 e. The Labute approximate surface area is 242 Å². The highest BCUT2D eigenvalue weighted by Gasteiger charge is 2.72. The van der Waals surface area contributed by atoms with E-state index < -0.39 is 45.8 Å². The first-order chi connectivity index (χ1) is 18.4. The topological polar surface area (TPSA) is 77.5 Å². The van der Waals surface area contributed by atoms with Gasteiger partial charge in [-0.15, -0.1) is 0 Å². The Morgan fingerprint density at radius 2 is 1.38 bits per heavy atom. The molecule has 2 rings (SSSR count). The first-order valence-corrected chi connectivity index (χ1v) is 14.8. The second-order valence-electron chi connectivity index (χ2n) is 13.7. The summed E-state index contributed by atoms with van der Waals surface area (Å²) in [7, 11) is 0. The maximum atomic E-state index is 14.9. The summed E-state index contributed by atoms with van der Waals surface area (Å²) >= 11 is 0. The molecule has 2 aliphatic rings. The Morgan fingerprint density at radius 3 is 1.88 bits per heavy atom. The van der Waals surface area contributed by atoms with Crippen molar-refractivity contribution in [3.63, 3.8) is 0 Å². The van der Waals surface area contributed by atoms with Crippen LogP contribution in [-0.4, -0.2) is 28.9 Å². The van der Waals surface area contributed by atoms with Crippen LogP contribution < -0.4 is 0 Å². The molecule has 0 N–H and O–H groups in total. The minimum Gasteiger partial charge on any atom is -0.442 e. The number of hydrogen-bond acceptors (Lipinski definition) is 5. The molecule has 0 aromatic carbocycles. The second-order valence-corrected chi connectivity index (χ2v) is 13.7. The van der Waals surface area contributed by atoms with E-state index in [2.05, 4.69) is 12.2 Å². The van der Waals surface area contributed by atoms with E-state index in [1.54, 1.807) is 19.9 Å². The quantitative estimate of drug-likeness (QED) is 0.147. The molecule has 0 aromatic heterocycles. The summed E-state index contributed by atoms with van der Waals surface area (Å²) in [4.78, 5) is 57.5. The molecule has 1 saturated carbocycles. The Balaban J connectivity index is 3.00. The van der Waals surface area contributed by atoms with Crippen molar-refractivity contribution >= 4 is 23.3 Å². The fraction of sp³-hybridized carbons (Fsp3) is 0.657. The molecule has 0 aromatic rings. The molecule has 2 fully saturated rings. The minimum atomic E-state index is -1.99. The van der Waals surface area contributed by atoms with Gasteiger partial charge in [0.25, 0.3) is 0 Å². The van der Waals surface area contributed by atoms with Gasteiger partial charge in [0.1, 0.15) is 11.2 Å². The van der Waals surface area contributed by atoms with Crippen LogP contribution in [0.3, 0.4) is 0 Å². The van der Waals surface area contributed by atoms with Crippen LogP contribution in [0.15, 0.2) is 46.6 Å². The summed E-state index contributed by atoms with van der Waals surface area (Å²) in [6.45, 7) is 21.4. The number of carbonyl (C=O) groups is 4. The van der Waals surface area contributed by atoms with Gasteiger partial charge in [0, 0.05) is 12.3 Å². The molecule has 0 spiro atoms. The van der Waals surface area contributed by atoms with Gasteiger partial charge in [-0.3, -0.25) is 19.2 Å². The van der Waals surface area contributed by atoms with E-state index >= 15 is 0 Å². The summed E-state index contributed by atoms with van der Waals surface area (Å²) in [5.74, 6) is -3.55. The molecular weight excluding hydrogens is 500 g/mol. The first kappa shape index (κ1) is 33.6. The normalized spacial score (nSPS) is 29.8. The van der Waals surface area contributed by atoms with Crippen molar-refractivity contribution in [2.75, 3.05) is 0 Å². The number of carbonyl (C=O) groups excluding carboxylic acids is 4. The van der Waals surface area contributed by atoms with E-state index in [-0.39, 0.29) is 31.0 Å². The predicted octanol–water partition coefficient (Wildman–Crippen LogP) is 8.09. The highest BCUT2D eigenvalue weighted by atomic mass is 16.6. The van der Waals surface area contributed by atoms with Gasteiger partial charge < -0.3 is 4.74 Å². The smallest absolute Gasteiger partial charge is 0.321 e. The zero-order valence-corrected chi connectivity index (χ0v) is 26.8. The summed E-state index contributed by atoms with van der Waals surface area (Å²) in [5.41, 5.74) is -0.0489. The zero-order chi connectivity index (χ0) is 30.6. The lowest BCUT2D eigenvalue weighted by Gasteiger charge is -2.48. The first-order valence-electron chi connectivity index (χ1n) is 14.8. The van der Waals surface area contributed by atoms with Crippen LogP contribution in [-0.2, 0) is 23.9 Å². The Hall–Kier alpha value is -2.56. The van der Waals surface area contributed by atoms with Crippen molar-refractivity contribution < 1.29 is 23.9 Å². The van der Waals surface area contributed by atoms with Crippen LogP contribution in [0.1, 0.15) is 115 Å². The maximum absolute atomic E-state index is 14.9. The number of rotatable bonds is 11. The highest BCUT2D eigenvalue weighted by Crippen LogP contribution is 2.58. The van der Waals surface area contributed by atoms with Gasteiger partial charge >= 0.3 is 5.97 Å². The van der Waals surface area contributed by atoms with Crippen molar-refractivity contribution in [2.24, 2.45) is 28.6 Å². The molecule has 1 heterocycles. The van der Waals surface area contributed by atoms with Crippen LogP contribution >= 0.6 is 0 Å². The lowest BCUT2D eigenvalue weighted by atomic mass is 9.52. The molecule has 222 valence electrons. The van der Waals surface area contributed by atoms with Gasteiger partial charge in [0.2, 0.25) is 11.4 Å². The molecule has 5 heteroatoms. The third-order valence-electron chi connectivity index (χ3n) is 8.86. The van der Waals surface area contributed by atoms with Crippen molar-refractivity contribution in [3.8, 4) is 0 Å². The van der Waals surface area contributed by atoms with Gasteiger partial charge in [-0.05, 0) is 98.8 Å². The second kappa shape index (κ2) is 13.0. The number of ether oxygens (including phenoxy) is 1. The number of allylic oxidation sites excluding steroid dienone is 7. The predicted molar refractivity (Wildman–Crippen MR) is 162 cm³/mol. The van der Waals surface area contributed by atoms with Crippen LogP contribution in [0.25, 0.3) is 0 Å². The van der Waals surface area contributed by atoms with Crippen LogP contribution in [0, 0.1) is 28.6 Å². The Morgan fingerprint density at radius 1 is 0.850 bits per heavy atom. The zero-order valence-electron chi connectivity index (χ0n) is 26.8. The molecule has 0 radical (unpaired) electrons. The number of esters is 1. The molecule has 1 aliphatic heterocycles. The molecule has 1 aliphatic carbocycles. The molecule has 5 atom stereocenters. The Bertz CT molecular complexity index is 1130. The van der Waals surface area contributed by atoms with Crippen LogP contribution in [0.2, 0.25) is 0 Å². The molecule has 40 heavy (non-hydrogen) atoms. The fourth-order valence-electron chi connectivity index (χ4n) is 6.30. The molecule has 1 saturated heterocycles. The van der Waals surface area contributed by atoms with E-state index in [9.17, 15) is 19.2 Å². The van der Waals surface area contributed by atoms with Crippen molar-refractivity contribution in [3.05, 3.63) is 46.6 Å². The summed E-state index contributed by atoms with van der Waals surface area (Å²) in [5, 5.41) is 0. The van der Waals surface area contributed by atoms with Gasteiger partial charge in [0.15, 0.2) is 5.78 Å². The van der Waals surface area contributed by atoms with E-state index in [1.807, 2.05) is 68.4 Å². The minimum absolute atomic E-state index is 0.0418. The van der Waals surface area contributed by atoms with E-state index in [1.165, 1.54) is 5.57 Å². The standard InChI is InChI=1S/C35H52O5/c1-22(2)13-12-18-33(11)27(15-14-23(3)4)21-34(19-16-24(5)6)31(38)35(40-32(34)39,20-17-25(7)8)30(37)28(33)29(36)26(9)10/h13-14,16-17,26-28H,12,15,18-21H2,1-11H3/t27?,28-,33-,34-,35+/m1/s1. The third kappa shape index (κ3) is 6.66. The fourth-order valence-corrected chi connectivity index (χ4v) is 6.30. The van der Waals surface area contributed by atoms with Gasteiger partial charge in [-0.2, -0.15) is 0 Å².